The molecule has 0 aliphatic carbocycles. The summed E-state index contributed by atoms with van der Waals surface area (Å²) in [5.41, 5.74) is 4.48. The first kappa shape index (κ1) is 13.9. The lowest BCUT2D eigenvalue weighted by Gasteiger charge is -2.00. The van der Waals surface area contributed by atoms with Crippen LogP contribution in [0.25, 0.3) is 0 Å². The fourth-order valence-electron chi connectivity index (χ4n) is 1.20. The second kappa shape index (κ2) is 6.07. The molecule has 2 rings (SSSR count). The Balaban J connectivity index is 2.11. The molecule has 0 atom stereocenters. The average Bonchev–Trinajstić information content (AvgIpc) is 2.71. The Morgan fingerprint density at radius 2 is 2.33 bits per heavy atom. The zero-order valence-corrected chi connectivity index (χ0v) is 13.8. The number of nitrogens with zero attached hydrogens (tertiary/aromatic N) is 2. The van der Waals surface area contributed by atoms with E-state index < -0.39 is 0 Å². The molecule has 0 saturated carbocycles. The lowest BCUT2D eigenvalue weighted by molar-refractivity contribution is 0.620. The fraction of sp³-hybridized carbons (Fsp3) is 0.0909. The van der Waals surface area contributed by atoms with Crippen LogP contribution < -0.4 is 5.43 Å². The van der Waals surface area contributed by atoms with Crippen LogP contribution in [0.2, 0.25) is 0 Å². The Hall–Kier alpha value is -0.540. The van der Waals surface area contributed by atoms with Crippen LogP contribution in [-0.2, 0) is 0 Å². The van der Waals surface area contributed by atoms with Crippen LogP contribution in [0.15, 0.2) is 27.1 Å². The molecule has 1 heterocycles. The quantitative estimate of drug-likeness (QED) is 0.333. The lowest BCUT2D eigenvalue weighted by Crippen LogP contribution is -1.94. The van der Waals surface area contributed by atoms with E-state index in [2.05, 4.69) is 54.0 Å². The van der Waals surface area contributed by atoms with E-state index >= 15 is 0 Å². The van der Waals surface area contributed by atoms with E-state index in [1.165, 1.54) is 17.4 Å². The maximum absolute atomic E-state index is 13.4. The van der Waals surface area contributed by atoms with Crippen LogP contribution in [-0.4, -0.2) is 11.2 Å². The fourth-order valence-corrected chi connectivity index (χ4v) is 3.21. The second-order valence-corrected chi connectivity index (χ2v) is 6.33. The first-order valence-corrected chi connectivity index (χ1v) is 7.67. The highest BCUT2D eigenvalue weighted by molar-refractivity contribution is 14.1. The standard InChI is InChI=1S/C11H8BrFIN3S/c1-6-5-18-11(16-6)17-15-4-7-2-9(13)8(12)3-10(7)14/h2-5H,1H3,(H,16,17). The van der Waals surface area contributed by atoms with Crippen LogP contribution in [0.5, 0.6) is 0 Å². The van der Waals surface area contributed by atoms with Crippen molar-refractivity contribution in [3.8, 4) is 0 Å². The first-order chi connectivity index (χ1) is 8.56. The van der Waals surface area contributed by atoms with E-state index in [-0.39, 0.29) is 5.82 Å². The van der Waals surface area contributed by atoms with Gasteiger partial charge < -0.3 is 0 Å². The number of hydrazone groups is 1. The summed E-state index contributed by atoms with van der Waals surface area (Å²) in [4.78, 5) is 4.21. The number of hydrogen-bond acceptors (Lipinski definition) is 4. The average molecular weight is 440 g/mol. The Kier molecular flexibility index (Phi) is 4.68. The van der Waals surface area contributed by atoms with Crippen LogP contribution in [0.3, 0.4) is 0 Å². The molecule has 0 bridgehead atoms. The van der Waals surface area contributed by atoms with Gasteiger partial charge in [0.1, 0.15) is 5.82 Å². The van der Waals surface area contributed by atoms with Gasteiger partial charge in [-0.05, 0) is 57.6 Å². The van der Waals surface area contributed by atoms with E-state index in [1.54, 1.807) is 12.3 Å². The third kappa shape index (κ3) is 3.48. The third-order valence-electron chi connectivity index (χ3n) is 2.02. The smallest absolute Gasteiger partial charge is 0.203 e. The summed E-state index contributed by atoms with van der Waals surface area (Å²) in [5.74, 6) is -0.304. The maximum atomic E-state index is 13.4. The van der Waals surface area contributed by atoms with Crippen molar-refractivity contribution in [2.24, 2.45) is 5.10 Å². The number of nitrogens with one attached hydrogen (secondary N) is 1. The van der Waals surface area contributed by atoms with Gasteiger partial charge in [-0.25, -0.2) is 9.37 Å². The van der Waals surface area contributed by atoms with Gasteiger partial charge in [-0.15, -0.1) is 11.3 Å². The van der Waals surface area contributed by atoms with Gasteiger partial charge in [-0.2, -0.15) is 5.10 Å². The predicted molar refractivity (Wildman–Crippen MR) is 84.9 cm³/mol. The predicted octanol–water partition coefficient (Wildman–Crippen LogP) is 4.40. The van der Waals surface area contributed by atoms with Gasteiger partial charge in [0.25, 0.3) is 0 Å². The summed E-state index contributed by atoms with van der Waals surface area (Å²) in [7, 11) is 0. The number of thiazole rings is 1. The topological polar surface area (TPSA) is 37.3 Å². The molecule has 0 fully saturated rings. The first-order valence-electron chi connectivity index (χ1n) is 4.92. The van der Waals surface area contributed by atoms with Gasteiger partial charge >= 0.3 is 0 Å². The van der Waals surface area contributed by atoms with Gasteiger partial charge in [0.05, 0.1) is 16.4 Å². The van der Waals surface area contributed by atoms with Crippen LogP contribution in [0.4, 0.5) is 9.52 Å². The number of hydrogen-bond donors (Lipinski definition) is 1. The zero-order valence-electron chi connectivity index (χ0n) is 9.25. The molecule has 0 spiro atoms. The highest BCUT2D eigenvalue weighted by Gasteiger charge is 2.04. The van der Waals surface area contributed by atoms with Crippen molar-refractivity contribution >= 4 is 61.2 Å². The molecule has 94 valence electrons. The van der Waals surface area contributed by atoms with E-state index in [1.807, 2.05) is 12.3 Å². The third-order valence-corrected chi connectivity index (χ3v) is 4.43. The Morgan fingerprint density at radius 3 is 3.00 bits per heavy atom. The highest BCUT2D eigenvalue weighted by atomic mass is 127. The minimum atomic E-state index is -0.304. The van der Waals surface area contributed by atoms with Crippen LogP contribution in [0, 0.1) is 16.3 Å². The van der Waals surface area contributed by atoms with E-state index in [4.69, 9.17) is 0 Å². The van der Waals surface area contributed by atoms with Crippen LogP contribution in [0.1, 0.15) is 11.3 Å². The number of aryl methyl sites for hydroxylation is 1. The molecule has 1 aromatic carbocycles. The van der Waals surface area contributed by atoms with Gasteiger partial charge in [0.15, 0.2) is 0 Å². The Labute approximate surface area is 130 Å². The molecular weight excluding hydrogens is 432 g/mol. The van der Waals surface area contributed by atoms with Crippen molar-refractivity contribution in [3.05, 3.63) is 42.6 Å². The summed E-state index contributed by atoms with van der Waals surface area (Å²) < 4.78 is 14.7. The van der Waals surface area contributed by atoms with E-state index in [0.29, 0.717) is 4.47 Å². The minimum absolute atomic E-state index is 0.304. The molecule has 0 unspecified atom stereocenters. The largest absolute Gasteiger partial charge is 0.253 e. The molecule has 2 aromatic rings. The molecule has 3 nitrogen and oxygen atoms in total. The number of halogens is 3. The minimum Gasteiger partial charge on any atom is -0.253 e. The summed E-state index contributed by atoms with van der Waals surface area (Å²) in [6.07, 6.45) is 1.58. The van der Waals surface area contributed by atoms with Gasteiger partial charge in [0.2, 0.25) is 5.13 Å². The molecule has 0 aliphatic heterocycles. The molecular formula is C11H8BrFIN3S. The van der Waals surface area contributed by atoms with E-state index in [0.717, 1.165) is 20.0 Å². The number of benzene rings is 1. The maximum Gasteiger partial charge on any atom is 0.203 e. The highest BCUT2D eigenvalue weighted by Crippen LogP contribution is 2.21. The van der Waals surface area contributed by atoms with Gasteiger partial charge in [-0.1, -0.05) is 0 Å². The van der Waals surface area contributed by atoms with Crippen molar-refractivity contribution in [1.29, 1.82) is 0 Å². The molecule has 0 amide bonds. The Morgan fingerprint density at radius 1 is 1.56 bits per heavy atom. The molecule has 0 radical (unpaired) electrons. The van der Waals surface area contributed by atoms with Crippen molar-refractivity contribution in [1.82, 2.24) is 4.98 Å². The summed E-state index contributed by atoms with van der Waals surface area (Å²) >= 11 is 6.75. The summed E-state index contributed by atoms with van der Waals surface area (Å²) in [6, 6.07) is 3.15. The monoisotopic (exact) mass is 439 g/mol. The zero-order chi connectivity index (χ0) is 13.1. The van der Waals surface area contributed by atoms with Crippen LogP contribution >= 0.6 is 49.9 Å². The Bertz CT molecular complexity index is 600. The van der Waals surface area contributed by atoms with Crippen molar-refractivity contribution in [3.63, 3.8) is 0 Å². The molecule has 0 saturated heterocycles. The second-order valence-electron chi connectivity index (χ2n) is 3.45. The SMILES string of the molecule is Cc1csc(NN=Cc2cc(F)c(Br)cc2I)n1. The normalized spacial score (nSPS) is 11.1. The number of aromatic nitrogens is 1. The van der Waals surface area contributed by atoms with Gasteiger partial charge in [-0.3, -0.25) is 5.43 Å². The molecule has 0 aliphatic rings. The molecule has 1 aromatic heterocycles. The van der Waals surface area contributed by atoms with Crippen molar-refractivity contribution in [2.45, 2.75) is 6.92 Å². The van der Waals surface area contributed by atoms with E-state index in [9.17, 15) is 4.39 Å². The molecule has 18 heavy (non-hydrogen) atoms. The number of rotatable bonds is 3. The lowest BCUT2D eigenvalue weighted by atomic mass is 10.2. The summed E-state index contributed by atoms with van der Waals surface area (Å²) in [6.45, 7) is 1.92. The molecule has 7 heteroatoms. The summed E-state index contributed by atoms with van der Waals surface area (Å²) in [5, 5.41) is 6.69. The van der Waals surface area contributed by atoms with Crippen molar-refractivity contribution < 1.29 is 4.39 Å². The molecule has 1 N–H and O–H groups in total. The number of anilines is 1. The van der Waals surface area contributed by atoms with Crippen molar-refractivity contribution in [2.75, 3.05) is 5.43 Å². The van der Waals surface area contributed by atoms with Gasteiger partial charge in [0, 0.05) is 14.5 Å².